The number of phenols is 5. The van der Waals surface area contributed by atoms with Gasteiger partial charge in [0.1, 0.15) is 12.2 Å². The Morgan fingerprint density at radius 2 is 1.13 bits per heavy atom. The lowest BCUT2D eigenvalue weighted by Crippen LogP contribution is -2.37. The molecule has 160 valence electrons. The molecule has 0 spiro atoms. The monoisotopic (exact) mass is 418 g/mol. The first-order valence-corrected chi connectivity index (χ1v) is 9.37. The van der Waals surface area contributed by atoms with Crippen LogP contribution in [0.4, 0.5) is 0 Å². The van der Waals surface area contributed by atoms with Gasteiger partial charge in [-0.3, -0.25) is 0 Å². The Morgan fingerprint density at radius 3 is 1.57 bits per heavy atom. The van der Waals surface area contributed by atoms with Gasteiger partial charge in [-0.05, 0) is 62.4 Å². The lowest BCUT2D eigenvalue weighted by atomic mass is 9.94. The number of hydrogen-bond donors (Lipinski definition) is 5. The molecule has 2 aromatic rings. The molecule has 9 heteroatoms. The van der Waals surface area contributed by atoms with Crippen molar-refractivity contribution in [3.63, 3.8) is 0 Å². The van der Waals surface area contributed by atoms with Gasteiger partial charge in [-0.15, -0.1) is 0 Å². The Labute approximate surface area is 171 Å². The standard InChI is InChI=1S/C21H22O9/c1-10-6-11(7-13(22)18(10)25)20(27)29-16-4-2-3-5-17(16)30-21(28)12-8-14(23)19(26)15(24)9-12/h6-9,16-17,22-26H,2-5H2,1H3/t16-,17+/m0/s1. The van der Waals surface area contributed by atoms with Crippen molar-refractivity contribution in [3.8, 4) is 28.7 Å². The third-order valence-corrected chi connectivity index (χ3v) is 4.98. The third-order valence-electron chi connectivity index (χ3n) is 4.98. The van der Waals surface area contributed by atoms with E-state index in [-0.39, 0.29) is 16.9 Å². The molecule has 0 heterocycles. The Bertz CT molecular complexity index is 857. The van der Waals surface area contributed by atoms with Gasteiger partial charge in [0, 0.05) is 0 Å². The second kappa shape index (κ2) is 8.40. The van der Waals surface area contributed by atoms with Crippen molar-refractivity contribution in [2.75, 3.05) is 0 Å². The van der Waals surface area contributed by atoms with Gasteiger partial charge in [0.15, 0.2) is 28.7 Å². The zero-order chi connectivity index (χ0) is 22.0. The molecule has 1 fully saturated rings. The molecule has 1 aliphatic rings. The molecule has 0 amide bonds. The molecule has 9 nitrogen and oxygen atoms in total. The summed E-state index contributed by atoms with van der Waals surface area (Å²) in [5.74, 6) is -4.44. The second-order valence-electron chi connectivity index (χ2n) is 7.20. The summed E-state index contributed by atoms with van der Waals surface area (Å²) < 4.78 is 10.9. The predicted molar refractivity (Wildman–Crippen MR) is 103 cm³/mol. The summed E-state index contributed by atoms with van der Waals surface area (Å²) in [6, 6.07) is 4.40. The number of ether oxygens (including phenoxy) is 2. The lowest BCUT2D eigenvalue weighted by Gasteiger charge is -2.30. The summed E-state index contributed by atoms with van der Waals surface area (Å²) in [5, 5.41) is 47.9. The Balaban J connectivity index is 1.73. The first-order chi connectivity index (χ1) is 14.2. The van der Waals surface area contributed by atoms with E-state index in [1.807, 2.05) is 0 Å². The van der Waals surface area contributed by atoms with Gasteiger partial charge < -0.3 is 35.0 Å². The third kappa shape index (κ3) is 4.35. The van der Waals surface area contributed by atoms with Gasteiger partial charge in [-0.25, -0.2) is 9.59 Å². The van der Waals surface area contributed by atoms with Crippen molar-refractivity contribution >= 4 is 11.9 Å². The molecular formula is C21H22O9. The van der Waals surface area contributed by atoms with E-state index in [9.17, 15) is 35.1 Å². The molecule has 2 aromatic carbocycles. The molecule has 1 aliphatic carbocycles. The summed E-state index contributed by atoms with van der Waals surface area (Å²) in [7, 11) is 0. The fourth-order valence-corrected chi connectivity index (χ4v) is 3.34. The molecule has 0 saturated heterocycles. The van der Waals surface area contributed by atoms with E-state index in [4.69, 9.17) is 9.47 Å². The fourth-order valence-electron chi connectivity index (χ4n) is 3.34. The number of carbonyl (C=O) groups is 2. The van der Waals surface area contributed by atoms with Crippen LogP contribution in [-0.4, -0.2) is 49.7 Å². The van der Waals surface area contributed by atoms with Gasteiger partial charge in [0.2, 0.25) is 0 Å². The highest BCUT2D eigenvalue weighted by molar-refractivity contribution is 5.92. The van der Waals surface area contributed by atoms with E-state index >= 15 is 0 Å². The Kier molecular flexibility index (Phi) is 5.91. The van der Waals surface area contributed by atoms with E-state index in [0.29, 0.717) is 18.4 Å². The van der Waals surface area contributed by atoms with E-state index in [2.05, 4.69) is 0 Å². The number of carbonyl (C=O) groups excluding carboxylic acids is 2. The van der Waals surface area contributed by atoms with Crippen LogP contribution in [0, 0.1) is 6.92 Å². The first kappa shape index (κ1) is 21.1. The van der Waals surface area contributed by atoms with Crippen LogP contribution in [0.5, 0.6) is 28.7 Å². The highest BCUT2D eigenvalue weighted by atomic mass is 16.6. The van der Waals surface area contributed by atoms with Crippen molar-refractivity contribution in [3.05, 3.63) is 41.0 Å². The van der Waals surface area contributed by atoms with Crippen LogP contribution in [0.1, 0.15) is 52.0 Å². The maximum absolute atomic E-state index is 12.5. The zero-order valence-corrected chi connectivity index (χ0v) is 16.2. The summed E-state index contributed by atoms with van der Waals surface area (Å²) in [4.78, 5) is 24.9. The average Bonchev–Trinajstić information content (AvgIpc) is 2.70. The Hall–Kier alpha value is -3.62. The average molecular weight is 418 g/mol. The van der Waals surface area contributed by atoms with Gasteiger partial charge in [-0.2, -0.15) is 0 Å². The predicted octanol–water partition coefficient (Wildman–Crippen LogP) is 2.85. The highest BCUT2D eigenvalue weighted by Gasteiger charge is 2.32. The number of rotatable bonds is 4. The molecule has 0 aliphatic heterocycles. The van der Waals surface area contributed by atoms with E-state index in [1.165, 1.54) is 13.0 Å². The molecule has 0 radical (unpaired) electrons. The van der Waals surface area contributed by atoms with Crippen molar-refractivity contribution < 1.29 is 44.6 Å². The van der Waals surface area contributed by atoms with Gasteiger partial charge in [0.05, 0.1) is 11.1 Å². The van der Waals surface area contributed by atoms with E-state index < -0.39 is 47.1 Å². The molecular weight excluding hydrogens is 396 g/mol. The maximum atomic E-state index is 12.5. The minimum atomic E-state index is -0.855. The normalized spacial score (nSPS) is 18.6. The minimum Gasteiger partial charge on any atom is -0.504 e. The number of aryl methyl sites for hydroxylation is 1. The molecule has 30 heavy (non-hydrogen) atoms. The van der Waals surface area contributed by atoms with Crippen LogP contribution in [0.15, 0.2) is 24.3 Å². The summed E-state index contributed by atoms with van der Waals surface area (Å²) in [5.41, 5.74) is 0.185. The lowest BCUT2D eigenvalue weighted by molar-refractivity contribution is -0.0514. The number of phenolic OH excluding ortho intramolecular Hbond substituents is 5. The van der Waals surface area contributed by atoms with Gasteiger partial charge in [0.25, 0.3) is 0 Å². The number of aromatic hydroxyl groups is 5. The molecule has 5 N–H and O–H groups in total. The summed E-state index contributed by atoms with van der Waals surface area (Å²) in [6.45, 7) is 1.53. The molecule has 0 aromatic heterocycles. The highest BCUT2D eigenvalue weighted by Crippen LogP contribution is 2.36. The van der Waals surface area contributed by atoms with Crippen molar-refractivity contribution in [2.24, 2.45) is 0 Å². The van der Waals surface area contributed by atoms with Gasteiger partial charge in [-0.1, -0.05) is 0 Å². The largest absolute Gasteiger partial charge is 0.504 e. The van der Waals surface area contributed by atoms with Crippen LogP contribution in [0.2, 0.25) is 0 Å². The number of benzene rings is 2. The fraction of sp³-hybridized carbons (Fsp3) is 0.333. The van der Waals surface area contributed by atoms with Crippen LogP contribution < -0.4 is 0 Å². The van der Waals surface area contributed by atoms with Crippen LogP contribution >= 0.6 is 0 Å². The smallest absolute Gasteiger partial charge is 0.338 e. The van der Waals surface area contributed by atoms with Crippen LogP contribution in [0.25, 0.3) is 0 Å². The topological polar surface area (TPSA) is 154 Å². The van der Waals surface area contributed by atoms with E-state index in [1.54, 1.807) is 0 Å². The molecule has 3 rings (SSSR count). The van der Waals surface area contributed by atoms with Crippen molar-refractivity contribution in [1.29, 1.82) is 0 Å². The number of hydrogen-bond acceptors (Lipinski definition) is 9. The SMILES string of the molecule is Cc1cc(C(=O)O[C@H]2CCCC[C@H]2OC(=O)c2cc(O)c(O)c(O)c2)cc(O)c1O. The van der Waals surface area contributed by atoms with Crippen molar-refractivity contribution in [2.45, 2.75) is 44.8 Å². The minimum absolute atomic E-state index is 0.0480. The van der Waals surface area contributed by atoms with Gasteiger partial charge >= 0.3 is 11.9 Å². The molecule has 0 unspecified atom stereocenters. The molecule has 1 saturated carbocycles. The number of esters is 2. The Morgan fingerprint density at radius 1 is 0.733 bits per heavy atom. The van der Waals surface area contributed by atoms with Crippen molar-refractivity contribution in [1.82, 2.24) is 0 Å². The maximum Gasteiger partial charge on any atom is 0.338 e. The van der Waals surface area contributed by atoms with Crippen LogP contribution in [-0.2, 0) is 9.47 Å². The van der Waals surface area contributed by atoms with Crippen LogP contribution in [0.3, 0.4) is 0 Å². The quantitative estimate of drug-likeness (QED) is 0.372. The first-order valence-electron chi connectivity index (χ1n) is 9.37. The second-order valence-corrected chi connectivity index (χ2v) is 7.20. The molecule has 2 atom stereocenters. The zero-order valence-electron chi connectivity index (χ0n) is 16.2. The molecule has 0 bridgehead atoms. The van der Waals surface area contributed by atoms with E-state index in [0.717, 1.165) is 31.0 Å². The summed E-state index contributed by atoms with van der Waals surface area (Å²) in [6.07, 6.45) is 0.924. The summed E-state index contributed by atoms with van der Waals surface area (Å²) >= 11 is 0.